The number of hydrogen-bond acceptors (Lipinski definition) is 2. The molecule has 0 atom stereocenters. The summed E-state index contributed by atoms with van der Waals surface area (Å²) < 4.78 is 6.14. The minimum atomic E-state index is -0.0178. The summed E-state index contributed by atoms with van der Waals surface area (Å²) in [5.41, 5.74) is 1.07. The van der Waals surface area contributed by atoms with Gasteiger partial charge in [0.25, 0.3) is 0 Å². The monoisotopic (exact) mass is 335 g/mol. The number of carbonyl (C=O) groups is 1. The average molecular weight is 336 g/mol. The topological polar surface area (TPSA) is 38.3 Å². The Morgan fingerprint density at radius 3 is 2.10 bits per heavy atom. The largest absolute Gasteiger partial charge is 0.497 e. The zero-order valence-corrected chi connectivity index (χ0v) is 13.2. The third kappa shape index (κ3) is 6.95. The van der Waals surface area contributed by atoms with Crippen molar-refractivity contribution in [1.82, 2.24) is 5.32 Å². The molecular weight excluding hydrogens is 318 g/mol. The van der Waals surface area contributed by atoms with Crippen molar-refractivity contribution in [3.8, 4) is 5.75 Å². The summed E-state index contributed by atoms with van der Waals surface area (Å²) in [7, 11) is 1.63. The van der Waals surface area contributed by atoms with E-state index in [4.69, 9.17) is 4.74 Å². The Balaban J connectivity index is 0.000000240. The van der Waals surface area contributed by atoms with Crippen LogP contribution in [0.15, 0.2) is 59.1 Å². The maximum Gasteiger partial charge on any atom is 0.217 e. The van der Waals surface area contributed by atoms with Crippen molar-refractivity contribution in [2.24, 2.45) is 0 Å². The Hall–Kier alpha value is -1.81. The number of benzene rings is 2. The quantitative estimate of drug-likeness (QED) is 0.926. The van der Waals surface area contributed by atoms with E-state index in [-0.39, 0.29) is 5.91 Å². The number of hydrogen-bond donors (Lipinski definition) is 1. The number of nitrogens with one attached hydrogen (secondary N) is 1. The van der Waals surface area contributed by atoms with Crippen molar-refractivity contribution in [3.05, 3.63) is 64.6 Å². The van der Waals surface area contributed by atoms with Gasteiger partial charge in [-0.2, -0.15) is 0 Å². The van der Waals surface area contributed by atoms with Gasteiger partial charge < -0.3 is 10.1 Å². The highest BCUT2D eigenvalue weighted by Crippen LogP contribution is 2.10. The van der Waals surface area contributed by atoms with E-state index >= 15 is 0 Å². The molecule has 0 spiro atoms. The van der Waals surface area contributed by atoms with Crippen molar-refractivity contribution in [2.45, 2.75) is 13.5 Å². The summed E-state index contributed by atoms with van der Waals surface area (Å²) in [5, 5.41) is 2.72. The molecule has 0 radical (unpaired) electrons. The van der Waals surface area contributed by atoms with Gasteiger partial charge >= 0.3 is 0 Å². The zero-order valence-electron chi connectivity index (χ0n) is 11.6. The van der Waals surface area contributed by atoms with Crippen molar-refractivity contribution in [1.29, 1.82) is 0 Å². The van der Waals surface area contributed by atoms with E-state index in [2.05, 4.69) is 21.2 Å². The fourth-order valence-corrected chi connectivity index (χ4v) is 1.69. The molecule has 2 rings (SSSR count). The van der Waals surface area contributed by atoms with Gasteiger partial charge in [0.1, 0.15) is 5.75 Å². The van der Waals surface area contributed by atoms with Crippen LogP contribution in [0.3, 0.4) is 0 Å². The van der Waals surface area contributed by atoms with Gasteiger partial charge in [0.15, 0.2) is 0 Å². The van der Waals surface area contributed by atoms with Crippen molar-refractivity contribution in [3.63, 3.8) is 0 Å². The maximum atomic E-state index is 10.6. The molecule has 0 aliphatic heterocycles. The van der Waals surface area contributed by atoms with E-state index < -0.39 is 0 Å². The third-order valence-corrected chi connectivity index (χ3v) is 2.96. The van der Waals surface area contributed by atoms with Crippen LogP contribution in [0.4, 0.5) is 0 Å². The summed E-state index contributed by atoms with van der Waals surface area (Å²) in [6.07, 6.45) is 0. The lowest BCUT2D eigenvalue weighted by Crippen LogP contribution is -2.18. The van der Waals surface area contributed by atoms with Crippen LogP contribution in [0.2, 0.25) is 0 Å². The molecule has 1 amide bonds. The Morgan fingerprint density at radius 2 is 1.70 bits per heavy atom. The molecule has 0 saturated heterocycles. The minimum Gasteiger partial charge on any atom is -0.497 e. The molecule has 0 unspecified atom stereocenters. The molecule has 106 valence electrons. The number of halogens is 1. The molecule has 0 bridgehead atoms. The minimum absolute atomic E-state index is 0.0178. The molecule has 0 aromatic heterocycles. The van der Waals surface area contributed by atoms with Crippen molar-refractivity contribution >= 4 is 21.8 Å². The molecule has 4 heteroatoms. The highest BCUT2D eigenvalue weighted by atomic mass is 79.9. The van der Waals surface area contributed by atoms with Gasteiger partial charge in [-0.15, -0.1) is 0 Å². The van der Waals surface area contributed by atoms with Crippen molar-refractivity contribution < 1.29 is 9.53 Å². The predicted octanol–water partition coefficient (Wildman–Crippen LogP) is 3.78. The molecule has 2 aromatic carbocycles. The van der Waals surface area contributed by atoms with Crippen LogP contribution < -0.4 is 10.1 Å². The second-order valence-electron chi connectivity index (χ2n) is 4.05. The van der Waals surface area contributed by atoms with Crippen LogP contribution in [-0.4, -0.2) is 13.0 Å². The average Bonchev–Trinajstić information content (AvgIpc) is 2.47. The molecule has 0 aliphatic rings. The normalized spacial score (nSPS) is 9.15. The Labute approximate surface area is 128 Å². The van der Waals surface area contributed by atoms with Gasteiger partial charge in [-0.3, -0.25) is 4.79 Å². The summed E-state index contributed by atoms with van der Waals surface area (Å²) in [4.78, 5) is 10.6. The van der Waals surface area contributed by atoms with E-state index in [0.29, 0.717) is 6.54 Å². The van der Waals surface area contributed by atoms with Crippen molar-refractivity contribution in [2.75, 3.05) is 7.11 Å². The van der Waals surface area contributed by atoms with Gasteiger partial charge in [-0.05, 0) is 29.8 Å². The maximum absolute atomic E-state index is 10.6. The standard InChI is InChI=1S/C10H13NO2.C6H5Br/c1-8(12)11-7-9-3-5-10(13-2)6-4-9;7-6-4-2-1-3-5-6/h3-6H,7H2,1-2H3,(H,11,12);1-5H. The molecule has 3 nitrogen and oxygen atoms in total. The Morgan fingerprint density at radius 1 is 1.10 bits per heavy atom. The molecule has 0 heterocycles. The summed E-state index contributed by atoms with van der Waals surface area (Å²) in [5.74, 6) is 0.808. The van der Waals surface area contributed by atoms with Gasteiger partial charge in [0, 0.05) is 17.9 Å². The second-order valence-corrected chi connectivity index (χ2v) is 4.97. The third-order valence-electron chi connectivity index (χ3n) is 2.43. The van der Waals surface area contributed by atoms with E-state index in [0.717, 1.165) is 15.8 Å². The number of carbonyl (C=O) groups excluding carboxylic acids is 1. The summed E-state index contributed by atoms with van der Waals surface area (Å²) in [6, 6.07) is 17.6. The Bertz CT molecular complexity index is 512. The summed E-state index contributed by atoms with van der Waals surface area (Å²) in [6.45, 7) is 2.07. The highest BCUT2D eigenvalue weighted by molar-refractivity contribution is 9.10. The van der Waals surface area contributed by atoms with Gasteiger partial charge in [-0.1, -0.05) is 46.3 Å². The van der Waals surface area contributed by atoms with Gasteiger partial charge in [-0.25, -0.2) is 0 Å². The van der Waals surface area contributed by atoms with E-state index in [1.807, 2.05) is 54.6 Å². The van der Waals surface area contributed by atoms with Crippen LogP contribution in [0.1, 0.15) is 12.5 Å². The second kappa shape index (κ2) is 9.15. The molecule has 1 N–H and O–H groups in total. The molecular formula is C16H18BrNO2. The van der Waals surface area contributed by atoms with Gasteiger partial charge in [0.2, 0.25) is 5.91 Å². The highest BCUT2D eigenvalue weighted by Gasteiger charge is 1.94. The first-order valence-corrected chi connectivity index (χ1v) is 6.99. The predicted molar refractivity (Wildman–Crippen MR) is 84.7 cm³/mol. The lowest BCUT2D eigenvalue weighted by molar-refractivity contribution is -0.119. The number of rotatable bonds is 3. The molecule has 20 heavy (non-hydrogen) atoms. The lowest BCUT2D eigenvalue weighted by atomic mass is 10.2. The SMILES string of the molecule is Brc1ccccc1.COc1ccc(CNC(C)=O)cc1. The summed E-state index contributed by atoms with van der Waals surface area (Å²) >= 11 is 3.31. The van der Waals surface area contributed by atoms with E-state index in [9.17, 15) is 4.79 Å². The van der Waals surface area contributed by atoms with Crippen LogP contribution >= 0.6 is 15.9 Å². The molecule has 2 aromatic rings. The van der Waals surface area contributed by atoms with Gasteiger partial charge in [0.05, 0.1) is 7.11 Å². The van der Waals surface area contributed by atoms with Crippen LogP contribution in [0.5, 0.6) is 5.75 Å². The van der Waals surface area contributed by atoms with E-state index in [1.165, 1.54) is 6.92 Å². The van der Waals surface area contributed by atoms with E-state index in [1.54, 1.807) is 7.11 Å². The fraction of sp³-hybridized carbons (Fsp3) is 0.188. The fourth-order valence-electron chi connectivity index (χ4n) is 1.38. The first kappa shape index (κ1) is 16.2. The Kier molecular flexibility index (Phi) is 7.43. The van der Waals surface area contributed by atoms with Crippen LogP contribution in [-0.2, 0) is 11.3 Å². The number of methoxy groups -OCH3 is 1. The molecule has 0 saturated carbocycles. The number of amides is 1. The van der Waals surface area contributed by atoms with Crippen LogP contribution in [0.25, 0.3) is 0 Å². The number of ether oxygens (including phenoxy) is 1. The lowest BCUT2D eigenvalue weighted by Gasteiger charge is -2.03. The first-order valence-electron chi connectivity index (χ1n) is 6.19. The molecule has 0 aliphatic carbocycles. The first-order chi connectivity index (χ1) is 9.61. The molecule has 0 fully saturated rings. The smallest absolute Gasteiger partial charge is 0.217 e. The van der Waals surface area contributed by atoms with Crippen LogP contribution in [0, 0.1) is 0 Å². The zero-order chi connectivity index (χ0) is 14.8.